The maximum atomic E-state index is 13.2. The van der Waals surface area contributed by atoms with E-state index in [0.717, 1.165) is 10.3 Å². The minimum Gasteiger partial charge on any atom is -0.448 e. The predicted molar refractivity (Wildman–Crippen MR) is 99.8 cm³/mol. The lowest BCUT2D eigenvalue weighted by Gasteiger charge is -2.13. The zero-order valence-corrected chi connectivity index (χ0v) is 15.3. The van der Waals surface area contributed by atoms with Gasteiger partial charge in [-0.05, 0) is 60.7 Å². The zero-order chi connectivity index (χ0) is 19.4. The van der Waals surface area contributed by atoms with Gasteiger partial charge in [-0.2, -0.15) is 0 Å². The van der Waals surface area contributed by atoms with Gasteiger partial charge in [0.2, 0.25) is 0 Å². The summed E-state index contributed by atoms with van der Waals surface area (Å²) in [5.74, 6) is -1.74. The van der Waals surface area contributed by atoms with Crippen LogP contribution >= 0.6 is 11.3 Å². The molecule has 1 heterocycles. The molecule has 0 aliphatic carbocycles. The molecule has 0 saturated carbocycles. The Balaban J connectivity index is 1.52. The number of hydrogen-bond donors (Lipinski definition) is 1. The van der Waals surface area contributed by atoms with Crippen molar-refractivity contribution in [2.45, 2.75) is 19.4 Å². The molecule has 1 aromatic heterocycles. The number of benzene rings is 2. The highest BCUT2D eigenvalue weighted by molar-refractivity contribution is 7.20. The van der Waals surface area contributed by atoms with E-state index in [0.29, 0.717) is 23.2 Å². The number of thiophene rings is 1. The quantitative estimate of drug-likeness (QED) is 0.646. The number of fused-ring (bicyclic) bond motifs is 1. The summed E-state index contributed by atoms with van der Waals surface area (Å²) >= 11 is 1.18. The summed E-state index contributed by atoms with van der Waals surface area (Å²) in [4.78, 5) is 24.6. The standard InChI is InChI=1S/C20H17F2NO3S/c1-12(19(24)23-9-8-13-2-4-15(21)5-3-13)26-20(25)18-11-14-10-16(22)6-7-17(14)27-18/h2-7,10-12H,8-9H2,1H3,(H,23,24)/t12-/m1/s1. The molecule has 3 rings (SSSR count). The summed E-state index contributed by atoms with van der Waals surface area (Å²) in [6.07, 6.45) is -0.429. The maximum absolute atomic E-state index is 13.2. The topological polar surface area (TPSA) is 55.4 Å². The number of carbonyl (C=O) groups is 2. The van der Waals surface area contributed by atoms with E-state index in [4.69, 9.17) is 4.74 Å². The number of amides is 1. The lowest BCUT2D eigenvalue weighted by atomic mass is 10.1. The summed E-state index contributed by atoms with van der Waals surface area (Å²) in [6.45, 7) is 1.83. The first-order valence-corrected chi connectivity index (χ1v) is 9.16. The second-order valence-corrected chi connectivity index (χ2v) is 7.09. The van der Waals surface area contributed by atoms with Crippen LogP contribution in [0.2, 0.25) is 0 Å². The molecule has 2 aromatic carbocycles. The fraction of sp³-hybridized carbons (Fsp3) is 0.200. The van der Waals surface area contributed by atoms with Crippen molar-refractivity contribution in [1.29, 1.82) is 0 Å². The SMILES string of the molecule is C[C@@H](OC(=O)c1cc2cc(F)ccc2s1)C(=O)NCCc1ccc(F)cc1. The molecule has 0 aliphatic heterocycles. The summed E-state index contributed by atoms with van der Waals surface area (Å²) in [6, 6.07) is 11.8. The van der Waals surface area contributed by atoms with Crippen molar-refractivity contribution >= 4 is 33.3 Å². The molecule has 7 heteroatoms. The third kappa shape index (κ3) is 4.89. The number of halogens is 2. The highest BCUT2D eigenvalue weighted by atomic mass is 32.1. The Labute approximate surface area is 158 Å². The van der Waals surface area contributed by atoms with Crippen molar-refractivity contribution in [3.8, 4) is 0 Å². The molecule has 27 heavy (non-hydrogen) atoms. The molecule has 4 nitrogen and oxygen atoms in total. The second-order valence-electron chi connectivity index (χ2n) is 6.01. The highest BCUT2D eigenvalue weighted by Gasteiger charge is 2.20. The highest BCUT2D eigenvalue weighted by Crippen LogP contribution is 2.27. The van der Waals surface area contributed by atoms with Gasteiger partial charge in [0.1, 0.15) is 16.5 Å². The summed E-state index contributed by atoms with van der Waals surface area (Å²) in [7, 11) is 0. The van der Waals surface area contributed by atoms with Crippen molar-refractivity contribution in [1.82, 2.24) is 5.32 Å². The van der Waals surface area contributed by atoms with Crippen LogP contribution in [0.5, 0.6) is 0 Å². The first-order valence-electron chi connectivity index (χ1n) is 8.34. The van der Waals surface area contributed by atoms with Gasteiger partial charge in [0, 0.05) is 11.2 Å². The number of esters is 1. The molecule has 1 amide bonds. The van der Waals surface area contributed by atoms with Crippen molar-refractivity contribution in [3.63, 3.8) is 0 Å². The van der Waals surface area contributed by atoms with Gasteiger partial charge in [-0.25, -0.2) is 13.6 Å². The Hall–Kier alpha value is -2.80. The minimum absolute atomic E-state index is 0.307. The monoisotopic (exact) mass is 389 g/mol. The lowest BCUT2D eigenvalue weighted by Crippen LogP contribution is -2.36. The molecule has 0 spiro atoms. The van der Waals surface area contributed by atoms with Crippen LogP contribution in [0.3, 0.4) is 0 Å². The molecule has 140 valence electrons. The summed E-state index contributed by atoms with van der Waals surface area (Å²) in [5, 5.41) is 3.29. The first-order chi connectivity index (χ1) is 12.9. The van der Waals surface area contributed by atoms with Gasteiger partial charge in [0.15, 0.2) is 6.10 Å². The van der Waals surface area contributed by atoms with Crippen molar-refractivity contribution in [2.75, 3.05) is 6.54 Å². The zero-order valence-electron chi connectivity index (χ0n) is 14.5. The summed E-state index contributed by atoms with van der Waals surface area (Å²) in [5.41, 5.74) is 0.888. The molecule has 0 bridgehead atoms. The molecular formula is C20H17F2NO3S. The molecular weight excluding hydrogens is 372 g/mol. The van der Waals surface area contributed by atoms with Crippen LogP contribution in [0.25, 0.3) is 10.1 Å². The summed E-state index contributed by atoms with van der Waals surface area (Å²) < 4.78 is 32.1. The number of rotatable bonds is 6. The van der Waals surface area contributed by atoms with Crippen LogP contribution in [0, 0.1) is 11.6 Å². The van der Waals surface area contributed by atoms with Crippen molar-refractivity contribution in [2.24, 2.45) is 0 Å². The van der Waals surface area contributed by atoms with Gasteiger partial charge in [-0.1, -0.05) is 12.1 Å². The lowest BCUT2D eigenvalue weighted by molar-refractivity contribution is -0.129. The normalized spacial score (nSPS) is 12.0. The van der Waals surface area contributed by atoms with Crippen LogP contribution in [0.4, 0.5) is 8.78 Å². The Morgan fingerprint density at radius 2 is 1.78 bits per heavy atom. The largest absolute Gasteiger partial charge is 0.448 e. The van der Waals surface area contributed by atoms with Gasteiger partial charge in [0.25, 0.3) is 5.91 Å². The Bertz CT molecular complexity index is 969. The van der Waals surface area contributed by atoms with E-state index in [1.807, 2.05) is 0 Å². The smallest absolute Gasteiger partial charge is 0.349 e. The van der Waals surface area contributed by atoms with Gasteiger partial charge in [-0.3, -0.25) is 4.79 Å². The van der Waals surface area contributed by atoms with Gasteiger partial charge in [-0.15, -0.1) is 11.3 Å². The van der Waals surface area contributed by atoms with Crippen LogP contribution in [0.15, 0.2) is 48.5 Å². The van der Waals surface area contributed by atoms with E-state index >= 15 is 0 Å². The molecule has 3 aromatic rings. The van der Waals surface area contributed by atoms with Crippen molar-refractivity contribution in [3.05, 3.63) is 70.6 Å². The van der Waals surface area contributed by atoms with Gasteiger partial charge >= 0.3 is 5.97 Å². The number of hydrogen-bond acceptors (Lipinski definition) is 4. The van der Waals surface area contributed by atoms with Crippen LogP contribution in [-0.4, -0.2) is 24.5 Å². The third-order valence-electron chi connectivity index (χ3n) is 3.96. The maximum Gasteiger partial charge on any atom is 0.349 e. The van der Waals surface area contributed by atoms with E-state index in [-0.39, 0.29) is 11.6 Å². The van der Waals surface area contributed by atoms with Crippen molar-refractivity contribution < 1.29 is 23.1 Å². The van der Waals surface area contributed by atoms with Gasteiger partial charge in [0.05, 0.1) is 0 Å². The number of nitrogens with one attached hydrogen (secondary N) is 1. The van der Waals surface area contributed by atoms with E-state index < -0.39 is 18.0 Å². The molecule has 1 N–H and O–H groups in total. The van der Waals surface area contributed by atoms with Crippen LogP contribution < -0.4 is 5.32 Å². The molecule has 0 saturated heterocycles. The predicted octanol–water partition coefficient (Wildman–Crippen LogP) is 4.08. The minimum atomic E-state index is -0.965. The van der Waals surface area contributed by atoms with Gasteiger partial charge < -0.3 is 10.1 Å². The second kappa shape index (κ2) is 8.26. The first kappa shape index (κ1) is 19.0. The molecule has 0 fully saturated rings. The molecule has 0 radical (unpaired) electrons. The Kier molecular flexibility index (Phi) is 5.81. The number of ether oxygens (including phenoxy) is 1. The molecule has 0 unspecified atom stereocenters. The third-order valence-corrected chi connectivity index (χ3v) is 5.05. The van der Waals surface area contributed by atoms with Crippen LogP contribution in [-0.2, 0) is 16.0 Å². The fourth-order valence-electron chi connectivity index (χ4n) is 2.51. The van der Waals surface area contributed by atoms with E-state index in [9.17, 15) is 18.4 Å². The Morgan fingerprint density at radius 1 is 1.07 bits per heavy atom. The molecule has 0 aliphatic rings. The van der Waals surface area contributed by atoms with Crippen LogP contribution in [0.1, 0.15) is 22.2 Å². The average molecular weight is 389 g/mol. The molecule has 1 atom stereocenters. The number of carbonyl (C=O) groups excluding carboxylic acids is 2. The Morgan fingerprint density at radius 3 is 2.52 bits per heavy atom. The van der Waals surface area contributed by atoms with E-state index in [1.165, 1.54) is 42.5 Å². The van der Waals surface area contributed by atoms with E-state index in [2.05, 4.69) is 5.32 Å². The van der Waals surface area contributed by atoms with E-state index in [1.54, 1.807) is 24.3 Å². The average Bonchev–Trinajstić information content (AvgIpc) is 3.06. The fourth-order valence-corrected chi connectivity index (χ4v) is 3.44.